The standard InChI is InChI=1S/C15H17F2N3O/c16-14(17)10-20-7-3-6-13(20)15(21)19-9-12-5-2-1-4-11(12)8-18/h1-7,14H,8-10,18H2,(H,19,21). The quantitative estimate of drug-likeness (QED) is 0.857. The third-order valence-corrected chi connectivity index (χ3v) is 3.17. The van der Waals surface area contributed by atoms with E-state index in [4.69, 9.17) is 5.73 Å². The molecule has 0 fully saturated rings. The number of halogens is 2. The van der Waals surface area contributed by atoms with Gasteiger partial charge in [0.15, 0.2) is 0 Å². The number of hydrogen-bond donors (Lipinski definition) is 2. The molecule has 0 aliphatic carbocycles. The number of alkyl halides is 2. The van der Waals surface area contributed by atoms with E-state index in [0.29, 0.717) is 13.1 Å². The van der Waals surface area contributed by atoms with Crippen molar-refractivity contribution < 1.29 is 13.6 Å². The van der Waals surface area contributed by atoms with Crippen LogP contribution in [0.4, 0.5) is 8.78 Å². The first-order valence-electron chi connectivity index (χ1n) is 6.60. The van der Waals surface area contributed by atoms with Crippen LogP contribution in [0, 0.1) is 0 Å². The van der Waals surface area contributed by atoms with E-state index in [2.05, 4.69) is 5.32 Å². The van der Waals surface area contributed by atoms with Gasteiger partial charge in [0.05, 0.1) is 6.54 Å². The Morgan fingerprint density at radius 3 is 2.57 bits per heavy atom. The lowest BCUT2D eigenvalue weighted by molar-refractivity contribution is 0.0928. The number of carbonyl (C=O) groups excluding carboxylic acids is 1. The van der Waals surface area contributed by atoms with E-state index in [0.717, 1.165) is 11.1 Å². The van der Waals surface area contributed by atoms with Crippen LogP contribution in [0.2, 0.25) is 0 Å². The Morgan fingerprint density at radius 1 is 1.19 bits per heavy atom. The molecule has 0 bridgehead atoms. The number of nitrogens with two attached hydrogens (primary N) is 1. The number of benzene rings is 1. The summed E-state index contributed by atoms with van der Waals surface area (Å²) in [6.07, 6.45) is -1.03. The third-order valence-electron chi connectivity index (χ3n) is 3.17. The van der Waals surface area contributed by atoms with Crippen molar-refractivity contribution in [1.29, 1.82) is 0 Å². The summed E-state index contributed by atoms with van der Waals surface area (Å²) >= 11 is 0. The molecule has 0 saturated heterocycles. The van der Waals surface area contributed by atoms with Gasteiger partial charge >= 0.3 is 0 Å². The number of rotatable bonds is 6. The third kappa shape index (κ3) is 3.88. The molecule has 112 valence electrons. The van der Waals surface area contributed by atoms with E-state index in [1.165, 1.54) is 16.8 Å². The van der Waals surface area contributed by atoms with Crippen molar-refractivity contribution >= 4 is 5.91 Å². The molecule has 1 heterocycles. The molecule has 0 spiro atoms. The van der Waals surface area contributed by atoms with Gasteiger partial charge in [-0.2, -0.15) is 0 Å². The lowest BCUT2D eigenvalue weighted by Crippen LogP contribution is -2.26. The van der Waals surface area contributed by atoms with Gasteiger partial charge in [0.25, 0.3) is 12.3 Å². The van der Waals surface area contributed by atoms with Crippen LogP contribution in [-0.4, -0.2) is 16.9 Å². The largest absolute Gasteiger partial charge is 0.347 e. The summed E-state index contributed by atoms with van der Waals surface area (Å²) in [6, 6.07) is 10.6. The number of aromatic nitrogens is 1. The second kappa shape index (κ2) is 6.99. The summed E-state index contributed by atoms with van der Waals surface area (Å²) in [5, 5.41) is 2.73. The highest BCUT2D eigenvalue weighted by Gasteiger charge is 2.13. The molecule has 2 aromatic rings. The number of amides is 1. The second-order valence-electron chi connectivity index (χ2n) is 4.59. The Hall–Kier alpha value is -2.21. The molecule has 4 nitrogen and oxygen atoms in total. The number of nitrogens with one attached hydrogen (secondary N) is 1. The first kappa shape index (κ1) is 15.2. The molecule has 0 aliphatic heterocycles. The maximum Gasteiger partial charge on any atom is 0.268 e. The molecule has 2 rings (SSSR count). The maximum atomic E-state index is 12.4. The number of carbonyl (C=O) groups is 1. The van der Waals surface area contributed by atoms with Crippen molar-refractivity contribution in [3.8, 4) is 0 Å². The molecule has 0 radical (unpaired) electrons. The fourth-order valence-corrected chi connectivity index (χ4v) is 2.12. The zero-order valence-electron chi connectivity index (χ0n) is 11.4. The minimum absolute atomic E-state index is 0.223. The van der Waals surface area contributed by atoms with Crippen LogP contribution in [-0.2, 0) is 19.6 Å². The predicted molar refractivity (Wildman–Crippen MR) is 75.9 cm³/mol. The summed E-state index contributed by atoms with van der Waals surface area (Å²) in [6.45, 7) is 0.203. The minimum atomic E-state index is -2.50. The van der Waals surface area contributed by atoms with Crippen molar-refractivity contribution in [2.75, 3.05) is 0 Å². The fourth-order valence-electron chi connectivity index (χ4n) is 2.12. The van der Waals surface area contributed by atoms with Gasteiger partial charge < -0.3 is 15.6 Å². The van der Waals surface area contributed by atoms with E-state index >= 15 is 0 Å². The van der Waals surface area contributed by atoms with Gasteiger partial charge in [0.2, 0.25) is 0 Å². The van der Waals surface area contributed by atoms with E-state index in [-0.39, 0.29) is 11.6 Å². The topological polar surface area (TPSA) is 60.0 Å². The Labute approximate surface area is 121 Å². The van der Waals surface area contributed by atoms with Crippen LogP contribution < -0.4 is 11.1 Å². The Balaban J connectivity index is 2.04. The second-order valence-corrected chi connectivity index (χ2v) is 4.59. The minimum Gasteiger partial charge on any atom is -0.347 e. The van der Waals surface area contributed by atoms with Gasteiger partial charge in [-0.1, -0.05) is 24.3 Å². The molecule has 1 aromatic carbocycles. The van der Waals surface area contributed by atoms with Crippen molar-refractivity contribution in [3.63, 3.8) is 0 Å². The van der Waals surface area contributed by atoms with Gasteiger partial charge in [0.1, 0.15) is 5.69 Å². The van der Waals surface area contributed by atoms with Crippen LogP contribution in [0.25, 0.3) is 0 Å². The lowest BCUT2D eigenvalue weighted by atomic mass is 10.1. The molecule has 1 amide bonds. The zero-order valence-corrected chi connectivity index (χ0v) is 11.4. The highest BCUT2D eigenvalue weighted by Crippen LogP contribution is 2.09. The van der Waals surface area contributed by atoms with E-state index in [1.54, 1.807) is 6.07 Å². The first-order valence-corrected chi connectivity index (χ1v) is 6.60. The summed E-state index contributed by atoms with van der Waals surface area (Å²) in [5.74, 6) is -0.382. The van der Waals surface area contributed by atoms with Crippen LogP contribution in [0.5, 0.6) is 0 Å². The summed E-state index contributed by atoms with van der Waals surface area (Å²) in [4.78, 5) is 12.1. The van der Waals surface area contributed by atoms with Gasteiger partial charge in [-0.3, -0.25) is 4.79 Å². The van der Waals surface area contributed by atoms with Gasteiger partial charge in [-0.05, 0) is 23.3 Å². The Kier molecular flexibility index (Phi) is 5.05. The van der Waals surface area contributed by atoms with Crippen molar-refractivity contribution in [3.05, 3.63) is 59.4 Å². The molecule has 6 heteroatoms. The summed E-state index contributed by atoms with van der Waals surface area (Å²) in [7, 11) is 0. The number of hydrogen-bond acceptors (Lipinski definition) is 2. The average Bonchev–Trinajstić information content (AvgIpc) is 2.92. The molecular weight excluding hydrogens is 276 g/mol. The summed E-state index contributed by atoms with van der Waals surface area (Å²) < 4.78 is 26.1. The van der Waals surface area contributed by atoms with Gasteiger partial charge in [-0.15, -0.1) is 0 Å². The SMILES string of the molecule is NCc1ccccc1CNC(=O)c1cccn1CC(F)F. The highest BCUT2D eigenvalue weighted by atomic mass is 19.3. The molecular formula is C15H17F2N3O. The predicted octanol–water partition coefficient (Wildman–Crippen LogP) is 2.14. The van der Waals surface area contributed by atoms with Crippen LogP contribution in [0.15, 0.2) is 42.6 Å². The van der Waals surface area contributed by atoms with Gasteiger partial charge in [-0.25, -0.2) is 8.78 Å². The van der Waals surface area contributed by atoms with E-state index in [1.807, 2.05) is 24.3 Å². The molecule has 21 heavy (non-hydrogen) atoms. The van der Waals surface area contributed by atoms with E-state index < -0.39 is 13.0 Å². The normalized spacial score (nSPS) is 10.9. The Morgan fingerprint density at radius 2 is 1.90 bits per heavy atom. The number of nitrogens with zero attached hydrogens (tertiary/aromatic N) is 1. The summed E-state index contributed by atoms with van der Waals surface area (Å²) in [5.41, 5.74) is 7.72. The van der Waals surface area contributed by atoms with Crippen molar-refractivity contribution in [2.45, 2.75) is 26.1 Å². The first-order chi connectivity index (χ1) is 10.1. The molecule has 0 unspecified atom stereocenters. The van der Waals surface area contributed by atoms with E-state index in [9.17, 15) is 13.6 Å². The van der Waals surface area contributed by atoms with Gasteiger partial charge in [0, 0.05) is 19.3 Å². The average molecular weight is 293 g/mol. The van der Waals surface area contributed by atoms with Crippen LogP contribution >= 0.6 is 0 Å². The zero-order chi connectivity index (χ0) is 15.2. The monoisotopic (exact) mass is 293 g/mol. The lowest BCUT2D eigenvalue weighted by Gasteiger charge is -2.11. The van der Waals surface area contributed by atoms with Crippen molar-refractivity contribution in [1.82, 2.24) is 9.88 Å². The molecule has 1 aromatic heterocycles. The maximum absolute atomic E-state index is 12.4. The molecule has 0 atom stereocenters. The van der Waals surface area contributed by atoms with Crippen LogP contribution in [0.1, 0.15) is 21.6 Å². The highest BCUT2D eigenvalue weighted by molar-refractivity contribution is 5.92. The van der Waals surface area contributed by atoms with Crippen molar-refractivity contribution in [2.24, 2.45) is 5.73 Å². The molecule has 0 aliphatic rings. The smallest absolute Gasteiger partial charge is 0.268 e. The fraction of sp³-hybridized carbons (Fsp3) is 0.267. The van der Waals surface area contributed by atoms with Crippen LogP contribution in [0.3, 0.4) is 0 Å². The molecule has 0 saturated carbocycles. The Bertz CT molecular complexity index is 610. The molecule has 3 N–H and O–H groups in total.